The third-order valence-electron chi connectivity index (χ3n) is 2.71. The molecule has 106 valence electrons. The van der Waals surface area contributed by atoms with Crippen LogP contribution in [0.5, 0.6) is 0 Å². The molecular weight excluding hydrogens is 271 g/mol. The minimum Gasteiger partial charge on any atom is -0.310 e. The number of H-pyrrole nitrogens is 1. The highest BCUT2D eigenvalue weighted by atomic mass is 19.4. The molecule has 0 unspecified atom stereocenters. The van der Waals surface area contributed by atoms with Crippen LogP contribution in [0.2, 0.25) is 0 Å². The Morgan fingerprint density at radius 1 is 1.30 bits per heavy atom. The van der Waals surface area contributed by atoms with Crippen molar-refractivity contribution in [1.29, 1.82) is 0 Å². The highest BCUT2D eigenvalue weighted by molar-refractivity contribution is 5.62. The SMILES string of the molecule is CC(C)c1nc(-c2cnccc2C(F)(F)F)cc(=O)[nH]1. The van der Waals surface area contributed by atoms with Gasteiger partial charge >= 0.3 is 6.18 Å². The monoisotopic (exact) mass is 283 g/mol. The molecule has 0 aliphatic rings. The van der Waals surface area contributed by atoms with Gasteiger partial charge in [0.1, 0.15) is 5.82 Å². The Kier molecular flexibility index (Phi) is 3.61. The van der Waals surface area contributed by atoms with Crippen molar-refractivity contribution >= 4 is 0 Å². The van der Waals surface area contributed by atoms with E-state index < -0.39 is 17.3 Å². The van der Waals surface area contributed by atoms with Gasteiger partial charge in [0.05, 0.1) is 11.3 Å². The molecular formula is C13H12F3N3O. The lowest BCUT2D eigenvalue weighted by Gasteiger charge is -2.12. The fraction of sp³-hybridized carbons (Fsp3) is 0.308. The molecule has 0 bridgehead atoms. The lowest BCUT2D eigenvalue weighted by Crippen LogP contribution is -2.14. The molecule has 4 nitrogen and oxygen atoms in total. The second-order valence-corrected chi connectivity index (χ2v) is 4.59. The lowest BCUT2D eigenvalue weighted by molar-refractivity contribution is -0.137. The van der Waals surface area contributed by atoms with Crippen molar-refractivity contribution in [2.45, 2.75) is 25.9 Å². The van der Waals surface area contributed by atoms with Gasteiger partial charge in [0.25, 0.3) is 5.56 Å². The Morgan fingerprint density at radius 2 is 2.00 bits per heavy atom. The van der Waals surface area contributed by atoms with E-state index in [1.54, 1.807) is 13.8 Å². The zero-order chi connectivity index (χ0) is 14.9. The second kappa shape index (κ2) is 5.07. The van der Waals surface area contributed by atoms with Gasteiger partial charge in [-0.3, -0.25) is 9.78 Å². The maximum Gasteiger partial charge on any atom is 0.417 e. The number of aromatic amines is 1. The van der Waals surface area contributed by atoms with Crippen molar-refractivity contribution in [3.63, 3.8) is 0 Å². The molecule has 0 saturated carbocycles. The summed E-state index contributed by atoms with van der Waals surface area (Å²) in [6.07, 6.45) is -2.40. The first kappa shape index (κ1) is 14.2. The van der Waals surface area contributed by atoms with E-state index in [4.69, 9.17) is 0 Å². The number of pyridine rings is 1. The Labute approximate surface area is 112 Å². The number of hydrogen-bond donors (Lipinski definition) is 1. The first-order chi connectivity index (χ1) is 9.29. The Balaban J connectivity index is 2.66. The molecule has 0 radical (unpaired) electrons. The Hall–Kier alpha value is -2.18. The molecule has 2 heterocycles. The largest absolute Gasteiger partial charge is 0.417 e. The van der Waals surface area contributed by atoms with Crippen LogP contribution in [0.15, 0.2) is 29.3 Å². The molecule has 1 N–H and O–H groups in total. The number of halogens is 3. The number of nitrogens with zero attached hydrogens (tertiary/aromatic N) is 2. The van der Waals surface area contributed by atoms with Gasteiger partial charge in [-0.2, -0.15) is 13.2 Å². The van der Waals surface area contributed by atoms with Crippen LogP contribution in [0.3, 0.4) is 0 Å². The van der Waals surface area contributed by atoms with Crippen molar-refractivity contribution in [2.75, 3.05) is 0 Å². The summed E-state index contributed by atoms with van der Waals surface area (Å²) in [7, 11) is 0. The first-order valence-corrected chi connectivity index (χ1v) is 5.92. The average molecular weight is 283 g/mol. The summed E-state index contributed by atoms with van der Waals surface area (Å²) in [5.74, 6) is 0.234. The fourth-order valence-electron chi connectivity index (χ4n) is 1.73. The van der Waals surface area contributed by atoms with Crippen molar-refractivity contribution < 1.29 is 13.2 Å². The molecule has 20 heavy (non-hydrogen) atoms. The standard InChI is InChI=1S/C13H12F3N3O/c1-7(2)12-18-10(5-11(20)19-12)8-6-17-4-3-9(8)13(14,15)16/h3-7H,1-2H3,(H,18,19,20). The van der Waals surface area contributed by atoms with Gasteiger partial charge in [-0.1, -0.05) is 13.8 Å². The maximum absolute atomic E-state index is 13.0. The highest BCUT2D eigenvalue weighted by Gasteiger charge is 2.34. The molecule has 0 amide bonds. The van der Waals surface area contributed by atoms with Crippen LogP contribution in [0.25, 0.3) is 11.3 Å². The van der Waals surface area contributed by atoms with E-state index in [2.05, 4.69) is 15.0 Å². The van der Waals surface area contributed by atoms with Crippen LogP contribution in [-0.4, -0.2) is 15.0 Å². The van der Waals surface area contributed by atoms with E-state index >= 15 is 0 Å². The van der Waals surface area contributed by atoms with Gasteiger partial charge in [-0.25, -0.2) is 4.98 Å². The van der Waals surface area contributed by atoms with Crippen molar-refractivity contribution in [3.8, 4) is 11.3 Å². The minimum absolute atomic E-state index is 0.0297. The van der Waals surface area contributed by atoms with Gasteiger partial charge in [0, 0.05) is 29.9 Å². The van der Waals surface area contributed by atoms with Crippen LogP contribution < -0.4 is 5.56 Å². The second-order valence-electron chi connectivity index (χ2n) is 4.59. The van der Waals surface area contributed by atoms with E-state index in [9.17, 15) is 18.0 Å². The smallest absolute Gasteiger partial charge is 0.310 e. The van der Waals surface area contributed by atoms with E-state index in [1.165, 1.54) is 0 Å². The van der Waals surface area contributed by atoms with Crippen LogP contribution in [0, 0.1) is 0 Å². The normalized spacial score (nSPS) is 11.9. The molecule has 2 aromatic rings. The van der Waals surface area contributed by atoms with Crippen molar-refractivity contribution in [2.24, 2.45) is 0 Å². The quantitative estimate of drug-likeness (QED) is 0.921. The first-order valence-electron chi connectivity index (χ1n) is 5.92. The summed E-state index contributed by atoms with van der Waals surface area (Å²) >= 11 is 0. The van der Waals surface area contributed by atoms with Gasteiger partial charge in [0.15, 0.2) is 0 Å². The maximum atomic E-state index is 13.0. The minimum atomic E-state index is -4.53. The molecule has 0 spiro atoms. The Bertz CT molecular complexity index is 677. The molecule has 2 aromatic heterocycles. The lowest BCUT2D eigenvalue weighted by atomic mass is 10.1. The third-order valence-corrected chi connectivity index (χ3v) is 2.71. The number of alkyl halides is 3. The van der Waals surface area contributed by atoms with Gasteiger partial charge < -0.3 is 4.98 Å². The van der Waals surface area contributed by atoms with E-state index in [-0.39, 0.29) is 17.2 Å². The molecule has 0 aliphatic heterocycles. The zero-order valence-electron chi connectivity index (χ0n) is 10.8. The number of hydrogen-bond acceptors (Lipinski definition) is 3. The van der Waals surface area contributed by atoms with E-state index in [0.29, 0.717) is 5.82 Å². The summed E-state index contributed by atoms with van der Waals surface area (Å²) in [5.41, 5.74) is -1.58. The van der Waals surface area contributed by atoms with Crippen LogP contribution >= 0.6 is 0 Å². The summed E-state index contributed by atoms with van der Waals surface area (Å²) < 4.78 is 38.9. The van der Waals surface area contributed by atoms with Crippen LogP contribution in [0.1, 0.15) is 31.2 Å². The molecule has 0 fully saturated rings. The molecule has 0 saturated heterocycles. The van der Waals surface area contributed by atoms with E-state index in [0.717, 1.165) is 24.5 Å². The topological polar surface area (TPSA) is 58.6 Å². The van der Waals surface area contributed by atoms with Crippen molar-refractivity contribution in [3.05, 3.63) is 46.3 Å². The zero-order valence-corrected chi connectivity index (χ0v) is 10.8. The summed E-state index contributed by atoms with van der Waals surface area (Å²) in [4.78, 5) is 21.8. The molecule has 7 heteroatoms. The van der Waals surface area contributed by atoms with Gasteiger partial charge in [0.2, 0.25) is 0 Å². The Morgan fingerprint density at radius 3 is 2.60 bits per heavy atom. The molecule has 0 aromatic carbocycles. The summed E-state index contributed by atoms with van der Waals surface area (Å²) in [5, 5.41) is 0. The summed E-state index contributed by atoms with van der Waals surface area (Å²) in [6, 6.07) is 1.91. The van der Waals surface area contributed by atoms with E-state index in [1.807, 2.05) is 0 Å². The number of rotatable bonds is 2. The number of aromatic nitrogens is 3. The molecule has 0 atom stereocenters. The fourth-order valence-corrected chi connectivity index (χ4v) is 1.73. The van der Waals surface area contributed by atoms with Crippen LogP contribution in [0.4, 0.5) is 13.2 Å². The predicted octanol–water partition coefficient (Wildman–Crippen LogP) is 2.97. The summed E-state index contributed by atoms with van der Waals surface area (Å²) in [6.45, 7) is 3.58. The number of nitrogens with one attached hydrogen (secondary N) is 1. The van der Waals surface area contributed by atoms with Gasteiger partial charge in [-0.15, -0.1) is 0 Å². The van der Waals surface area contributed by atoms with Crippen molar-refractivity contribution in [1.82, 2.24) is 15.0 Å². The highest BCUT2D eigenvalue weighted by Crippen LogP contribution is 2.35. The van der Waals surface area contributed by atoms with Crippen LogP contribution in [-0.2, 0) is 6.18 Å². The predicted molar refractivity (Wildman–Crippen MR) is 67.2 cm³/mol. The van der Waals surface area contributed by atoms with Gasteiger partial charge in [-0.05, 0) is 6.07 Å². The average Bonchev–Trinajstić information content (AvgIpc) is 2.37. The molecule has 0 aliphatic carbocycles. The molecule has 2 rings (SSSR count). The third kappa shape index (κ3) is 2.87.